The summed E-state index contributed by atoms with van der Waals surface area (Å²) in [5.74, 6) is 1.03. The van der Waals surface area contributed by atoms with Crippen molar-refractivity contribution in [2.24, 2.45) is 5.92 Å². The van der Waals surface area contributed by atoms with Gasteiger partial charge in [0, 0.05) is 30.8 Å². The van der Waals surface area contributed by atoms with Gasteiger partial charge in [-0.2, -0.15) is 0 Å². The van der Waals surface area contributed by atoms with Crippen LogP contribution in [0.25, 0.3) is 0 Å². The second kappa shape index (κ2) is 10.1. The lowest BCUT2D eigenvalue weighted by Gasteiger charge is -2.31. The summed E-state index contributed by atoms with van der Waals surface area (Å²) >= 11 is 0. The number of nitrogens with zero attached hydrogens (tertiary/aromatic N) is 2. The number of hydrogen-bond donors (Lipinski definition) is 1. The normalized spacial score (nSPS) is 14.1. The fourth-order valence-electron chi connectivity index (χ4n) is 3.76. The molecule has 164 valence electrons. The molecule has 1 saturated heterocycles. The number of likely N-dealkylation sites (tertiary alicyclic amines) is 1. The second-order valence-electron chi connectivity index (χ2n) is 8.08. The number of aromatic nitrogens is 1. The van der Waals surface area contributed by atoms with Gasteiger partial charge in [-0.05, 0) is 55.2 Å². The van der Waals surface area contributed by atoms with E-state index in [0.717, 1.165) is 11.1 Å². The van der Waals surface area contributed by atoms with Crippen molar-refractivity contribution in [2.45, 2.75) is 26.4 Å². The summed E-state index contributed by atoms with van der Waals surface area (Å²) < 4.78 is 5.85. The molecule has 6 heteroatoms. The van der Waals surface area contributed by atoms with Gasteiger partial charge >= 0.3 is 0 Å². The maximum Gasteiger partial charge on any atom is 0.253 e. The molecule has 4 rings (SSSR count). The monoisotopic (exact) mass is 429 g/mol. The van der Waals surface area contributed by atoms with Gasteiger partial charge in [-0.1, -0.05) is 42.5 Å². The smallest absolute Gasteiger partial charge is 0.253 e. The molecule has 32 heavy (non-hydrogen) atoms. The van der Waals surface area contributed by atoms with Gasteiger partial charge in [0.1, 0.15) is 18.2 Å². The van der Waals surface area contributed by atoms with E-state index in [2.05, 4.69) is 10.3 Å². The molecular formula is C26H27N3O3. The van der Waals surface area contributed by atoms with Crippen molar-refractivity contribution in [3.05, 3.63) is 89.6 Å². The first-order valence-corrected chi connectivity index (χ1v) is 10.9. The standard InChI is InChI=1S/C26H27N3O3/c1-19-10-11-24(27-17-19)28-25(30)21-12-14-29(15-13-21)26(31)22-8-5-9-23(16-22)32-18-20-6-3-2-4-7-20/h2-11,16-17,21H,12-15,18H2,1H3,(H,27,28,30). The van der Waals surface area contributed by atoms with Crippen molar-refractivity contribution in [3.63, 3.8) is 0 Å². The number of benzene rings is 2. The Morgan fingerprint density at radius 2 is 1.81 bits per heavy atom. The first kappa shape index (κ1) is 21.6. The lowest BCUT2D eigenvalue weighted by molar-refractivity contribution is -0.121. The predicted octanol–water partition coefficient (Wildman–Crippen LogP) is 4.46. The van der Waals surface area contributed by atoms with Crippen LogP contribution in [-0.2, 0) is 11.4 Å². The van der Waals surface area contributed by atoms with Crippen LogP contribution in [0, 0.1) is 12.8 Å². The molecule has 1 aliphatic heterocycles. The Labute approximate surface area is 188 Å². The van der Waals surface area contributed by atoms with Crippen LogP contribution >= 0.6 is 0 Å². The van der Waals surface area contributed by atoms with E-state index < -0.39 is 0 Å². The molecule has 0 spiro atoms. The van der Waals surface area contributed by atoms with Crippen LogP contribution in [0.5, 0.6) is 5.75 Å². The van der Waals surface area contributed by atoms with E-state index in [1.807, 2.05) is 60.4 Å². The molecule has 1 fully saturated rings. The van der Waals surface area contributed by atoms with E-state index in [9.17, 15) is 9.59 Å². The first-order valence-electron chi connectivity index (χ1n) is 10.9. The van der Waals surface area contributed by atoms with Crippen LogP contribution in [0.4, 0.5) is 5.82 Å². The predicted molar refractivity (Wildman–Crippen MR) is 123 cm³/mol. The number of pyridine rings is 1. The highest BCUT2D eigenvalue weighted by Gasteiger charge is 2.28. The highest BCUT2D eigenvalue weighted by atomic mass is 16.5. The number of nitrogens with one attached hydrogen (secondary N) is 1. The summed E-state index contributed by atoms with van der Waals surface area (Å²) in [4.78, 5) is 31.6. The van der Waals surface area contributed by atoms with Crippen LogP contribution < -0.4 is 10.1 Å². The van der Waals surface area contributed by atoms with Gasteiger partial charge in [0.05, 0.1) is 0 Å². The minimum atomic E-state index is -0.123. The third-order valence-corrected chi connectivity index (χ3v) is 5.64. The van der Waals surface area contributed by atoms with E-state index in [1.54, 1.807) is 24.4 Å². The van der Waals surface area contributed by atoms with Gasteiger partial charge in [-0.15, -0.1) is 0 Å². The number of ether oxygens (including phenoxy) is 1. The molecule has 0 aliphatic carbocycles. The molecule has 2 heterocycles. The Bertz CT molecular complexity index is 1060. The average Bonchev–Trinajstić information content (AvgIpc) is 2.84. The number of piperidine rings is 1. The van der Waals surface area contributed by atoms with Crippen LogP contribution in [0.3, 0.4) is 0 Å². The van der Waals surface area contributed by atoms with Gasteiger partial charge in [0.2, 0.25) is 5.91 Å². The molecule has 0 radical (unpaired) electrons. The number of hydrogen-bond acceptors (Lipinski definition) is 4. The van der Waals surface area contributed by atoms with E-state index in [-0.39, 0.29) is 17.7 Å². The fourth-order valence-corrected chi connectivity index (χ4v) is 3.76. The number of rotatable bonds is 6. The number of carbonyl (C=O) groups excluding carboxylic acids is 2. The molecule has 0 unspecified atom stereocenters. The third-order valence-electron chi connectivity index (χ3n) is 5.64. The summed E-state index contributed by atoms with van der Waals surface area (Å²) in [5, 5.41) is 2.88. The molecule has 0 atom stereocenters. The first-order chi connectivity index (χ1) is 15.6. The number of anilines is 1. The van der Waals surface area contributed by atoms with Gasteiger partial charge in [-0.25, -0.2) is 4.98 Å². The molecule has 0 bridgehead atoms. The van der Waals surface area contributed by atoms with Gasteiger partial charge in [0.15, 0.2) is 0 Å². The highest BCUT2D eigenvalue weighted by molar-refractivity contribution is 5.95. The van der Waals surface area contributed by atoms with Crippen molar-refractivity contribution >= 4 is 17.6 Å². The van der Waals surface area contributed by atoms with Crippen LogP contribution in [-0.4, -0.2) is 34.8 Å². The molecule has 2 amide bonds. The minimum absolute atomic E-state index is 0.0331. The van der Waals surface area contributed by atoms with Gasteiger partial charge in [-0.3, -0.25) is 9.59 Å². The molecule has 6 nitrogen and oxygen atoms in total. The minimum Gasteiger partial charge on any atom is -0.489 e. The van der Waals surface area contributed by atoms with Crippen LogP contribution in [0.2, 0.25) is 0 Å². The Kier molecular flexibility index (Phi) is 6.80. The lowest BCUT2D eigenvalue weighted by atomic mass is 9.95. The van der Waals surface area contributed by atoms with E-state index >= 15 is 0 Å². The van der Waals surface area contributed by atoms with Gasteiger partial charge in [0.25, 0.3) is 5.91 Å². The van der Waals surface area contributed by atoms with E-state index in [0.29, 0.717) is 49.7 Å². The van der Waals surface area contributed by atoms with Crippen molar-refractivity contribution in [1.82, 2.24) is 9.88 Å². The number of aryl methyl sites for hydroxylation is 1. The van der Waals surface area contributed by atoms with Crippen LogP contribution in [0.1, 0.15) is 34.3 Å². The maximum atomic E-state index is 13.0. The average molecular weight is 430 g/mol. The van der Waals surface area contributed by atoms with Crippen molar-refractivity contribution in [3.8, 4) is 5.75 Å². The fraction of sp³-hybridized carbons (Fsp3) is 0.269. The summed E-state index contributed by atoms with van der Waals surface area (Å²) in [5.41, 5.74) is 2.72. The SMILES string of the molecule is Cc1ccc(NC(=O)C2CCN(C(=O)c3cccc(OCc4ccccc4)c3)CC2)nc1. The molecule has 1 aliphatic rings. The number of carbonyl (C=O) groups is 2. The molecule has 3 aromatic rings. The zero-order chi connectivity index (χ0) is 22.3. The van der Waals surface area contributed by atoms with E-state index in [1.165, 1.54) is 0 Å². The molecular weight excluding hydrogens is 402 g/mol. The van der Waals surface area contributed by atoms with Crippen molar-refractivity contribution in [1.29, 1.82) is 0 Å². The van der Waals surface area contributed by atoms with E-state index in [4.69, 9.17) is 4.74 Å². The summed E-state index contributed by atoms with van der Waals surface area (Å²) in [6.07, 6.45) is 3.00. The second-order valence-corrected chi connectivity index (χ2v) is 8.08. The Balaban J connectivity index is 1.30. The summed E-state index contributed by atoms with van der Waals surface area (Å²) in [6.45, 7) is 3.51. The highest BCUT2D eigenvalue weighted by Crippen LogP contribution is 2.22. The van der Waals surface area contributed by atoms with Crippen molar-refractivity contribution in [2.75, 3.05) is 18.4 Å². The molecule has 1 N–H and O–H groups in total. The number of amides is 2. The quantitative estimate of drug-likeness (QED) is 0.628. The topological polar surface area (TPSA) is 71.5 Å². The van der Waals surface area contributed by atoms with Gasteiger partial charge < -0.3 is 15.0 Å². The molecule has 1 aromatic heterocycles. The summed E-state index contributed by atoms with van der Waals surface area (Å²) in [6, 6.07) is 20.9. The van der Waals surface area contributed by atoms with Crippen LogP contribution in [0.15, 0.2) is 72.9 Å². The van der Waals surface area contributed by atoms with Crippen molar-refractivity contribution < 1.29 is 14.3 Å². The Morgan fingerprint density at radius 3 is 2.53 bits per heavy atom. The maximum absolute atomic E-state index is 13.0. The summed E-state index contributed by atoms with van der Waals surface area (Å²) in [7, 11) is 0. The molecule has 2 aromatic carbocycles. The largest absolute Gasteiger partial charge is 0.489 e. The zero-order valence-corrected chi connectivity index (χ0v) is 18.2. The Morgan fingerprint density at radius 1 is 1.03 bits per heavy atom. The third kappa shape index (κ3) is 5.52. The molecule has 0 saturated carbocycles. The Hall–Kier alpha value is -3.67. The lowest BCUT2D eigenvalue weighted by Crippen LogP contribution is -2.41. The zero-order valence-electron chi connectivity index (χ0n) is 18.2.